The molecule has 0 aromatic heterocycles. The number of phenolic OH excluding ortho intramolecular Hbond substituents is 1. The van der Waals surface area contributed by atoms with Crippen molar-refractivity contribution in [1.82, 2.24) is 0 Å². The van der Waals surface area contributed by atoms with E-state index in [4.69, 9.17) is 9.47 Å². The maximum atomic E-state index is 11.4. The van der Waals surface area contributed by atoms with Gasteiger partial charge in [-0.15, -0.1) is 0 Å². The van der Waals surface area contributed by atoms with E-state index in [1.807, 2.05) is 0 Å². The number of allylic oxidation sites excluding steroid dienone is 3. The zero-order valence-electron chi connectivity index (χ0n) is 12.5. The molecular weight excluding hydrogens is 284 g/mol. The van der Waals surface area contributed by atoms with Crippen LogP contribution in [-0.2, 0) is 15.1 Å². The van der Waals surface area contributed by atoms with Gasteiger partial charge in [-0.3, -0.25) is 4.79 Å². The highest BCUT2D eigenvalue weighted by molar-refractivity contribution is 6.00. The van der Waals surface area contributed by atoms with E-state index in [1.165, 1.54) is 25.3 Å². The summed E-state index contributed by atoms with van der Waals surface area (Å²) < 4.78 is 10.7. The number of ketones is 1. The van der Waals surface area contributed by atoms with Crippen molar-refractivity contribution >= 4 is 5.78 Å². The minimum Gasteiger partial charge on any atom is -0.504 e. The van der Waals surface area contributed by atoms with Gasteiger partial charge in [0.05, 0.1) is 7.11 Å². The van der Waals surface area contributed by atoms with Gasteiger partial charge in [0, 0.05) is 12.0 Å². The molecule has 0 saturated carbocycles. The normalized spacial score (nSPS) is 27.0. The molecule has 2 atom stereocenters. The van der Waals surface area contributed by atoms with Gasteiger partial charge in [0.1, 0.15) is 18.0 Å². The summed E-state index contributed by atoms with van der Waals surface area (Å²) >= 11 is 0. The van der Waals surface area contributed by atoms with Gasteiger partial charge in [-0.05, 0) is 42.7 Å². The molecule has 1 aromatic carbocycles. The van der Waals surface area contributed by atoms with Crippen LogP contribution in [0, 0.1) is 12.8 Å². The Morgan fingerprint density at radius 2 is 2.18 bits per heavy atom. The fourth-order valence-electron chi connectivity index (χ4n) is 3.03. The van der Waals surface area contributed by atoms with E-state index in [1.54, 1.807) is 19.1 Å². The quantitative estimate of drug-likeness (QED) is 0.873. The zero-order valence-corrected chi connectivity index (χ0v) is 12.5. The van der Waals surface area contributed by atoms with Crippen molar-refractivity contribution in [2.24, 2.45) is 5.92 Å². The van der Waals surface area contributed by atoms with E-state index in [0.717, 1.165) is 5.56 Å². The molecule has 2 unspecified atom stereocenters. The number of aromatic hydroxyl groups is 1. The van der Waals surface area contributed by atoms with E-state index >= 15 is 0 Å². The molecule has 0 amide bonds. The van der Waals surface area contributed by atoms with Gasteiger partial charge in [0.25, 0.3) is 0 Å². The smallest absolute Gasteiger partial charge is 0.181 e. The standard InChI is InChI=1S/C17H18O5/c1-10-5-12(6-14(19)16(10)21-2)17(20)8-11-3-4-13(18)7-15(11)22-9-17/h3-7,11,19-20H,8-9H2,1-2H3. The van der Waals surface area contributed by atoms with Crippen LogP contribution in [-0.4, -0.2) is 29.7 Å². The van der Waals surface area contributed by atoms with E-state index < -0.39 is 5.60 Å². The van der Waals surface area contributed by atoms with Crippen LogP contribution in [0.25, 0.3) is 0 Å². The van der Waals surface area contributed by atoms with Crippen molar-refractivity contribution in [2.45, 2.75) is 18.9 Å². The van der Waals surface area contributed by atoms with Crippen molar-refractivity contribution in [3.63, 3.8) is 0 Å². The zero-order chi connectivity index (χ0) is 15.9. The summed E-state index contributed by atoms with van der Waals surface area (Å²) in [5.74, 6) is 0.733. The van der Waals surface area contributed by atoms with Crippen LogP contribution in [0.2, 0.25) is 0 Å². The first kappa shape index (κ1) is 14.7. The predicted molar refractivity (Wildman–Crippen MR) is 79.6 cm³/mol. The summed E-state index contributed by atoms with van der Waals surface area (Å²) in [5.41, 5.74) is 0.0932. The van der Waals surface area contributed by atoms with Crippen molar-refractivity contribution in [3.05, 3.63) is 47.2 Å². The van der Waals surface area contributed by atoms with Gasteiger partial charge in [-0.2, -0.15) is 0 Å². The Morgan fingerprint density at radius 1 is 1.41 bits per heavy atom. The van der Waals surface area contributed by atoms with Crippen molar-refractivity contribution in [1.29, 1.82) is 0 Å². The van der Waals surface area contributed by atoms with Crippen LogP contribution in [0.4, 0.5) is 0 Å². The number of ether oxygens (including phenoxy) is 2. The maximum Gasteiger partial charge on any atom is 0.181 e. The molecule has 0 bridgehead atoms. The lowest BCUT2D eigenvalue weighted by molar-refractivity contribution is -0.112. The Kier molecular flexibility index (Phi) is 3.45. The second-order valence-corrected chi connectivity index (χ2v) is 5.78. The molecule has 2 N–H and O–H groups in total. The molecule has 3 rings (SSSR count). The molecule has 2 aliphatic rings. The lowest BCUT2D eigenvalue weighted by atomic mass is 9.80. The number of hydrogen-bond donors (Lipinski definition) is 2. The number of benzene rings is 1. The van der Waals surface area contributed by atoms with Crippen molar-refractivity contribution in [3.8, 4) is 11.5 Å². The largest absolute Gasteiger partial charge is 0.504 e. The number of carbonyl (C=O) groups excluding carboxylic acids is 1. The van der Waals surface area contributed by atoms with E-state index in [0.29, 0.717) is 23.5 Å². The van der Waals surface area contributed by atoms with Gasteiger partial charge in [-0.25, -0.2) is 0 Å². The third kappa shape index (κ3) is 2.37. The SMILES string of the molecule is COc1c(C)cc(C2(O)COC3=CC(=O)C=CC3C2)cc1O. The van der Waals surface area contributed by atoms with Gasteiger partial charge in [0.15, 0.2) is 17.3 Å². The second-order valence-electron chi connectivity index (χ2n) is 5.78. The van der Waals surface area contributed by atoms with Gasteiger partial charge < -0.3 is 19.7 Å². The molecule has 0 radical (unpaired) electrons. The Hall–Kier alpha value is -2.27. The van der Waals surface area contributed by atoms with E-state index in [-0.39, 0.29) is 24.1 Å². The number of phenols is 1. The fraction of sp³-hybridized carbons (Fsp3) is 0.353. The molecule has 1 aliphatic heterocycles. The first-order valence-corrected chi connectivity index (χ1v) is 7.10. The molecule has 1 saturated heterocycles. The first-order chi connectivity index (χ1) is 10.4. The summed E-state index contributed by atoms with van der Waals surface area (Å²) in [6, 6.07) is 3.29. The van der Waals surface area contributed by atoms with Gasteiger partial charge in [0.2, 0.25) is 0 Å². The number of fused-ring (bicyclic) bond motifs is 1. The molecule has 0 spiro atoms. The molecule has 1 aliphatic carbocycles. The number of aryl methyl sites for hydroxylation is 1. The van der Waals surface area contributed by atoms with E-state index in [9.17, 15) is 15.0 Å². The van der Waals surface area contributed by atoms with Crippen molar-refractivity contribution in [2.75, 3.05) is 13.7 Å². The minimum atomic E-state index is -1.22. The number of rotatable bonds is 2. The second kappa shape index (κ2) is 5.18. The molecule has 22 heavy (non-hydrogen) atoms. The minimum absolute atomic E-state index is 0.0124. The summed E-state index contributed by atoms with van der Waals surface area (Å²) in [5, 5.41) is 21.0. The lowest BCUT2D eigenvalue weighted by Crippen LogP contribution is -2.39. The van der Waals surface area contributed by atoms with Crippen LogP contribution in [0.3, 0.4) is 0 Å². The van der Waals surface area contributed by atoms with Crippen molar-refractivity contribution < 1.29 is 24.5 Å². The maximum absolute atomic E-state index is 11.4. The van der Waals surface area contributed by atoms with Crippen LogP contribution < -0.4 is 4.74 Å². The fourth-order valence-corrected chi connectivity index (χ4v) is 3.03. The summed E-state index contributed by atoms with van der Waals surface area (Å²) in [4.78, 5) is 11.4. The molecule has 5 heteroatoms. The van der Waals surface area contributed by atoms with Gasteiger partial charge >= 0.3 is 0 Å². The topological polar surface area (TPSA) is 76.0 Å². The summed E-state index contributed by atoms with van der Waals surface area (Å²) in [7, 11) is 1.49. The first-order valence-electron chi connectivity index (χ1n) is 7.10. The summed E-state index contributed by atoms with van der Waals surface area (Å²) in [6.45, 7) is 1.85. The Balaban J connectivity index is 1.94. The number of carbonyl (C=O) groups is 1. The average molecular weight is 302 g/mol. The molecule has 116 valence electrons. The van der Waals surface area contributed by atoms with Crippen LogP contribution >= 0.6 is 0 Å². The highest BCUT2D eigenvalue weighted by atomic mass is 16.5. The molecule has 5 nitrogen and oxygen atoms in total. The third-order valence-electron chi connectivity index (χ3n) is 4.17. The molecule has 1 aromatic rings. The highest BCUT2D eigenvalue weighted by Gasteiger charge is 2.40. The van der Waals surface area contributed by atoms with Crippen LogP contribution in [0.5, 0.6) is 11.5 Å². The lowest BCUT2D eigenvalue weighted by Gasteiger charge is -2.38. The number of methoxy groups -OCH3 is 1. The predicted octanol–water partition coefficient (Wildman–Crippen LogP) is 1.96. The molecular formula is C17H18O5. The Bertz CT molecular complexity index is 665. The Morgan fingerprint density at radius 3 is 2.86 bits per heavy atom. The number of aliphatic hydroxyl groups is 1. The molecule has 1 heterocycles. The van der Waals surface area contributed by atoms with Crippen LogP contribution in [0.15, 0.2) is 36.1 Å². The Labute approximate surface area is 128 Å². The summed E-state index contributed by atoms with van der Waals surface area (Å²) in [6.07, 6.45) is 5.09. The molecule has 1 fully saturated rings. The average Bonchev–Trinajstić information content (AvgIpc) is 2.47. The highest BCUT2D eigenvalue weighted by Crippen LogP contribution is 2.42. The van der Waals surface area contributed by atoms with E-state index in [2.05, 4.69) is 0 Å². The third-order valence-corrected chi connectivity index (χ3v) is 4.17. The van der Waals surface area contributed by atoms with Gasteiger partial charge in [-0.1, -0.05) is 6.08 Å². The monoisotopic (exact) mass is 302 g/mol. The number of hydrogen-bond acceptors (Lipinski definition) is 5. The van der Waals surface area contributed by atoms with Crippen LogP contribution in [0.1, 0.15) is 17.5 Å².